The van der Waals surface area contributed by atoms with Gasteiger partial charge in [0.15, 0.2) is 0 Å². The third-order valence-corrected chi connectivity index (χ3v) is 2.67. The Hall–Kier alpha value is -1.65. The van der Waals surface area contributed by atoms with Gasteiger partial charge < -0.3 is 10.2 Å². The molecule has 4 heteroatoms. The van der Waals surface area contributed by atoms with Crippen LogP contribution >= 0.6 is 0 Å². The minimum absolute atomic E-state index is 0.160. The second-order valence-electron chi connectivity index (χ2n) is 4.01. The first-order valence-corrected chi connectivity index (χ1v) is 5.99. The summed E-state index contributed by atoms with van der Waals surface area (Å²) in [7, 11) is 0. The smallest absolute Gasteiger partial charge is 0.328 e. The molecule has 0 unspecified atom stereocenters. The van der Waals surface area contributed by atoms with E-state index in [4.69, 9.17) is 10.2 Å². The summed E-state index contributed by atoms with van der Waals surface area (Å²) in [4.78, 5) is 12.5. The number of carboxylic acids is 1. The Kier molecular flexibility index (Phi) is 6.11. The fraction of sp³-hybridized carbons (Fsp3) is 0.357. The van der Waals surface area contributed by atoms with Crippen molar-refractivity contribution in [3.63, 3.8) is 0 Å². The number of hydrogen-bond donors (Lipinski definition) is 2. The number of likely N-dealkylation sites (N-methyl/N-ethyl adjacent to an activating group) is 1. The molecular formula is C14H19NO3. The van der Waals surface area contributed by atoms with E-state index in [0.29, 0.717) is 6.54 Å². The maximum atomic E-state index is 10.4. The highest BCUT2D eigenvalue weighted by Gasteiger charge is 2.02. The molecule has 18 heavy (non-hydrogen) atoms. The second-order valence-corrected chi connectivity index (χ2v) is 4.01. The third kappa shape index (κ3) is 5.12. The molecule has 98 valence electrons. The number of benzene rings is 1. The molecule has 0 aromatic heterocycles. The van der Waals surface area contributed by atoms with Crippen molar-refractivity contribution in [3.8, 4) is 0 Å². The number of aliphatic carboxylic acids is 1. The van der Waals surface area contributed by atoms with Gasteiger partial charge in [0.1, 0.15) is 0 Å². The van der Waals surface area contributed by atoms with E-state index in [1.807, 2.05) is 24.3 Å². The Balaban J connectivity index is 2.62. The number of aliphatic hydroxyl groups is 1. The molecule has 0 fully saturated rings. The van der Waals surface area contributed by atoms with Crippen molar-refractivity contribution in [2.24, 2.45) is 0 Å². The van der Waals surface area contributed by atoms with E-state index in [-0.39, 0.29) is 6.61 Å². The predicted molar refractivity (Wildman–Crippen MR) is 71.1 cm³/mol. The van der Waals surface area contributed by atoms with Crippen LogP contribution in [0, 0.1) is 0 Å². The van der Waals surface area contributed by atoms with Gasteiger partial charge in [-0.05, 0) is 23.7 Å². The van der Waals surface area contributed by atoms with Gasteiger partial charge in [0.2, 0.25) is 0 Å². The van der Waals surface area contributed by atoms with E-state index in [0.717, 1.165) is 30.3 Å². The summed E-state index contributed by atoms with van der Waals surface area (Å²) >= 11 is 0. The van der Waals surface area contributed by atoms with Gasteiger partial charge in [0, 0.05) is 19.2 Å². The van der Waals surface area contributed by atoms with Crippen LogP contribution in [0.25, 0.3) is 6.08 Å². The fourth-order valence-corrected chi connectivity index (χ4v) is 1.65. The number of aliphatic hydroxyl groups excluding tert-OH is 1. The van der Waals surface area contributed by atoms with E-state index in [9.17, 15) is 4.79 Å². The molecule has 0 bridgehead atoms. The van der Waals surface area contributed by atoms with Crippen LogP contribution in [0.3, 0.4) is 0 Å². The third-order valence-electron chi connectivity index (χ3n) is 2.67. The van der Waals surface area contributed by atoms with Gasteiger partial charge in [0.05, 0.1) is 6.61 Å². The standard InChI is InChI=1S/C14H19NO3/c1-2-15(9-10-16)11-13-5-3-12(4-6-13)7-8-14(17)18/h3-8,16H,2,9-11H2,1H3,(H,17,18). The molecule has 0 heterocycles. The summed E-state index contributed by atoms with van der Waals surface area (Å²) in [5.74, 6) is -0.945. The van der Waals surface area contributed by atoms with E-state index in [1.165, 1.54) is 0 Å². The number of nitrogens with zero attached hydrogens (tertiary/aromatic N) is 1. The molecule has 1 rings (SSSR count). The summed E-state index contributed by atoms with van der Waals surface area (Å²) in [6.07, 6.45) is 2.69. The van der Waals surface area contributed by atoms with Crippen LogP contribution < -0.4 is 0 Å². The van der Waals surface area contributed by atoms with Crippen LogP contribution in [0.2, 0.25) is 0 Å². The van der Waals surface area contributed by atoms with Crippen molar-refractivity contribution >= 4 is 12.0 Å². The molecule has 0 aliphatic heterocycles. The van der Waals surface area contributed by atoms with Crippen molar-refractivity contribution in [2.75, 3.05) is 19.7 Å². The second kappa shape index (κ2) is 7.63. The van der Waals surface area contributed by atoms with Crippen molar-refractivity contribution < 1.29 is 15.0 Å². The molecule has 2 N–H and O–H groups in total. The van der Waals surface area contributed by atoms with E-state index < -0.39 is 5.97 Å². The van der Waals surface area contributed by atoms with Gasteiger partial charge in [0.25, 0.3) is 0 Å². The molecule has 0 aliphatic carbocycles. The average Bonchev–Trinajstić information content (AvgIpc) is 2.37. The summed E-state index contributed by atoms with van der Waals surface area (Å²) in [5, 5.41) is 17.4. The Labute approximate surface area is 107 Å². The molecular weight excluding hydrogens is 230 g/mol. The molecule has 0 aliphatic rings. The Morgan fingerprint density at radius 1 is 1.33 bits per heavy atom. The summed E-state index contributed by atoms with van der Waals surface area (Å²) in [6.45, 7) is 4.56. The average molecular weight is 249 g/mol. The van der Waals surface area contributed by atoms with Crippen LogP contribution in [-0.2, 0) is 11.3 Å². The maximum Gasteiger partial charge on any atom is 0.328 e. The lowest BCUT2D eigenvalue weighted by atomic mass is 10.1. The summed E-state index contributed by atoms with van der Waals surface area (Å²) < 4.78 is 0. The molecule has 4 nitrogen and oxygen atoms in total. The van der Waals surface area contributed by atoms with Crippen molar-refractivity contribution in [3.05, 3.63) is 41.5 Å². The van der Waals surface area contributed by atoms with E-state index >= 15 is 0 Å². The van der Waals surface area contributed by atoms with Gasteiger partial charge in [-0.15, -0.1) is 0 Å². The Bertz CT molecular complexity index is 398. The number of hydrogen-bond acceptors (Lipinski definition) is 3. The number of carbonyl (C=O) groups is 1. The van der Waals surface area contributed by atoms with Crippen molar-refractivity contribution in [2.45, 2.75) is 13.5 Å². The molecule has 0 saturated carbocycles. The lowest BCUT2D eigenvalue weighted by Gasteiger charge is -2.19. The Morgan fingerprint density at radius 3 is 2.50 bits per heavy atom. The molecule has 0 radical (unpaired) electrons. The molecule has 0 spiro atoms. The van der Waals surface area contributed by atoms with Crippen LogP contribution in [0.1, 0.15) is 18.1 Å². The maximum absolute atomic E-state index is 10.4. The summed E-state index contributed by atoms with van der Waals surface area (Å²) in [6, 6.07) is 7.73. The molecule has 0 atom stereocenters. The lowest BCUT2D eigenvalue weighted by Crippen LogP contribution is -2.25. The van der Waals surface area contributed by atoms with Gasteiger partial charge >= 0.3 is 5.97 Å². The SMILES string of the molecule is CCN(CCO)Cc1ccc(C=CC(=O)O)cc1. The zero-order valence-corrected chi connectivity index (χ0v) is 10.5. The number of rotatable bonds is 7. The largest absolute Gasteiger partial charge is 0.478 e. The highest BCUT2D eigenvalue weighted by molar-refractivity contribution is 5.85. The van der Waals surface area contributed by atoms with Gasteiger partial charge in [-0.3, -0.25) is 4.90 Å². The van der Waals surface area contributed by atoms with Crippen LogP contribution in [0.5, 0.6) is 0 Å². The monoisotopic (exact) mass is 249 g/mol. The van der Waals surface area contributed by atoms with Crippen LogP contribution in [-0.4, -0.2) is 40.8 Å². The van der Waals surface area contributed by atoms with E-state index in [1.54, 1.807) is 6.08 Å². The minimum Gasteiger partial charge on any atom is -0.478 e. The first kappa shape index (κ1) is 14.4. The normalized spacial score (nSPS) is 11.3. The molecule has 0 saturated heterocycles. The van der Waals surface area contributed by atoms with Gasteiger partial charge in [-0.25, -0.2) is 4.79 Å². The van der Waals surface area contributed by atoms with Crippen molar-refractivity contribution in [1.29, 1.82) is 0 Å². The first-order chi connectivity index (χ1) is 8.65. The highest BCUT2D eigenvalue weighted by Crippen LogP contribution is 2.08. The fourth-order valence-electron chi connectivity index (χ4n) is 1.65. The topological polar surface area (TPSA) is 60.8 Å². The van der Waals surface area contributed by atoms with Crippen LogP contribution in [0.4, 0.5) is 0 Å². The number of carboxylic acid groups (broad SMARTS) is 1. The molecule has 1 aromatic carbocycles. The zero-order valence-electron chi connectivity index (χ0n) is 10.5. The predicted octanol–water partition coefficient (Wildman–Crippen LogP) is 1.60. The highest BCUT2D eigenvalue weighted by atomic mass is 16.4. The minimum atomic E-state index is -0.945. The molecule has 0 amide bonds. The first-order valence-electron chi connectivity index (χ1n) is 5.99. The molecule has 1 aromatic rings. The lowest BCUT2D eigenvalue weighted by molar-refractivity contribution is -0.131. The van der Waals surface area contributed by atoms with E-state index in [2.05, 4.69) is 11.8 Å². The van der Waals surface area contributed by atoms with Crippen molar-refractivity contribution in [1.82, 2.24) is 4.90 Å². The zero-order chi connectivity index (χ0) is 13.4. The Morgan fingerprint density at radius 2 is 2.00 bits per heavy atom. The van der Waals surface area contributed by atoms with Crippen LogP contribution in [0.15, 0.2) is 30.3 Å². The quantitative estimate of drug-likeness (QED) is 0.721. The van der Waals surface area contributed by atoms with Gasteiger partial charge in [-0.1, -0.05) is 31.2 Å². The van der Waals surface area contributed by atoms with Gasteiger partial charge in [-0.2, -0.15) is 0 Å². The summed E-state index contributed by atoms with van der Waals surface area (Å²) in [5.41, 5.74) is 2.02.